The molecule has 0 saturated heterocycles. The highest BCUT2D eigenvalue weighted by atomic mass is 15.2. The summed E-state index contributed by atoms with van der Waals surface area (Å²) in [5.74, 6) is 0. The van der Waals surface area contributed by atoms with Crippen molar-refractivity contribution in [3.05, 3.63) is 35.4 Å². The quantitative estimate of drug-likeness (QED) is 0.849. The zero-order chi connectivity index (χ0) is 13.8. The summed E-state index contributed by atoms with van der Waals surface area (Å²) in [5, 5.41) is 3.72. The van der Waals surface area contributed by atoms with Crippen molar-refractivity contribution in [1.29, 1.82) is 0 Å². The highest BCUT2D eigenvalue weighted by Gasteiger charge is 2.22. The molecule has 1 aliphatic heterocycles. The maximum Gasteiger partial charge on any atom is 0.0238 e. The van der Waals surface area contributed by atoms with Crippen LogP contribution in [0.5, 0.6) is 0 Å². The first-order valence-corrected chi connectivity index (χ1v) is 8.33. The second-order valence-electron chi connectivity index (χ2n) is 6.64. The topological polar surface area (TPSA) is 15.3 Å². The summed E-state index contributed by atoms with van der Waals surface area (Å²) >= 11 is 0. The summed E-state index contributed by atoms with van der Waals surface area (Å²) in [6, 6.07) is 10.3. The average molecular weight is 272 g/mol. The molecule has 1 fully saturated rings. The Morgan fingerprint density at radius 1 is 1.05 bits per heavy atom. The minimum absolute atomic E-state index is 0.623. The normalized spacial score (nSPS) is 24.4. The lowest BCUT2D eigenvalue weighted by Gasteiger charge is -2.33. The number of rotatable bonds is 3. The van der Waals surface area contributed by atoms with E-state index in [4.69, 9.17) is 0 Å². The standard InChI is InChI=1S/C18H28N2/c1-20(18-10-4-2-3-5-11-18)14-17-12-15-8-6-7-9-16(15)13-19-17/h6-9,17-19H,2-5,10-14H2,1H3. The van der Waals surface area contributed by atoms with E-state index in [9.17, 15) is 0 Å². The molecule has 0 spiro atoms. The van der Waals surface area contributed by atoms with Crippen molar-refractivity contribution in [2.45, 2.75) is 63.6 Å². The van der Waals surface area contributed by atoms with Crippen molar-refractivity contribution in [2.24, 2.45) is 0 Å². The monoisotopic (exact) mass is 272 g/mol. The third kappa shape index (κ3) is 3.42. The third-order valence-electron chi connectivity index (χ3n) is 5.12. The van der Waals surface area contributed by atoms with Gasteiger partial charge in [0.05, 0.1) is 0 Å². The molecule has 2 heteroatoms. The molecule has 0 bridgehead atoms. The van der Waals surface area contributed by atoms with Gasteiger partial charge in [-0.1, -0.05) is 49.9 Å². The number of fused-ring (bicyclic) bond motifs is 1. The van der Waals surface area contributed by atoms with E-state index in [2.05, 4.69) is 41.5 Å². The van der Waals surface area contributed by atoms with Crippen LogP contribution in [0.3, 0.4) is 0 Å². The summed E-state index contributed by atoms with van der Waals surface area (Å²) in [5.41, 5.74) is 3.03. The second-order valence-corrected chi connectivity index (χ2v) is 6.64. The Morgan fingerprint density at radius 2 is 1.75 bits per heavy atom. The van der Waals surface area contributed by atoms with Gasteiger partial charge in [0.2, 0.25) is 0 Å². The first kappa shape index (κ1) is 14.1. The van der Waals surface area contributed by atoms with Crippen LogP contribution in [-0.4, -0.2) is 30.6 Å². The summed E-state index contributed by atoms with van der Waals surface area (Å²) in [4.78, 5) is 2.62. The fourth-order valence-corrected chi connectivity index (χ4v) is 3.85. The summed E-state index contributed by atoms with van der Waals surface area (Å²) in [6.45, 7) is 2.23. The molecule has 1 aromatic rings. The van der Waals surface area contributed by atoms with E-state index in [-0.39, 0.29) is 0 Å². The van der Waals surface area contributed by atoms with Crippen LogP contribution >= 0.6 is 0 Å². The minimum Gasteiger partial charge on any atom is -0.308 e. The Morgan fingerprint density at radius 3 is 2.50 bits per heavy atom. The van der Waals surface area contributed by atoms with Crippen molar-refractivity contribution in [3.8, 4) is 0 Å². The van der Waals surface area contributed by atoms with Crippen molar-refractivity contribution in [3.63, 3.8) is 0 Å². The molecule has 20 heavy (non-hydrogen) atoms. The number of hydrogen-bond acceptors (Lipinski definition) is 2. The Labute approximate surface area is 123 Å². The van der Waals surface area contributed by atoms with Gasteiger partial charge in [0.1, 0.15) is 0 Å². The fraction of sp³-hybridized carbons (Fsp3) is 0.667. The number of nitrogens with one attached hydrogen (secondary N) is 1. The first-order chi connectivity index (χ1) is 9.83. The lowest BCUT2D eigenvalue weighted by molar-refractivity contribution is 0.195. The highest BCUT2D eigenvalue weighted by Crippen LogP contribution is 2.22. The van der Waals surface area contributed by atoms with E-state index in [0.717, 1.165) is 12.6 Å². The van der Waals surface area contributed by atoms with E-state index in [1.807, 2.05) is 0 Å². The fourth-order valence-electron chi connectivity index (χ4n) is 3.85. The molecule has 110 valence electrons. The van der Waals surface area contributed by atoms with Gasteiger partial charge >= 0.3 is 0 Å². The van der Waals surface area contributed by atoms with Crippen molar-refractivity contribution >= 4 is 0 Å². The van der Waals surface area contributed by atoms with Gasteiger partial charge in [0.25, 0.3) is 0 Å². The molecule has 1 unspecified atom stereocenters. The highest BCUT2D eigenvalue weighted by molar-refractivity contribution is 5.29. The maximum absolute atomic E-state index is 3.72. The Bertz CT molecular complexity index is 421. The van der Waals surface area contributed by atoms with Gasteiger partial charge in [0, 0.05) is 25.2 Å². The molecule has 1 aliphatic carbocycles. The van der Waals surface area contributed by atoms with Gasteiger partial charge < -0.3 is 10.2 Å². The van der Waals surface area contributed by atoms with Crippen LogP contribution in [-0.2, 0) is 13.0 Å². The van der Waals surface area contributed by atoms with Crippen molar-refractivity contribution in [1.82, 2.24) is 10.2 Å². The van der Waals surface area contributed by atoms with Crippen molar-refractivity contribution < 1.29 is 0 Å². The van der Waals surface area contributed by atoms with Gasteiger partial charge in [0.15, 0.2) is 0 Å². The van der Waals surface area contributed by atoms with E-state index in [1.165, 1.54) is 57.1 Å². The van der Waals surface area contributed by atoms with Gasteiger partial charge in [-0.25, -0.2) is 0 Å². The SMILES string of the molecule is CN(CC1Cc2ccccc2CN1)C1CCCCCC1. The Kier molecular flexibility index (Phi) is 4.74. The van der Waals surface area contributed by atoms with Gasteiger partial charge in [-0.2, -0.15) is 0 Å². The van der Waals surface area contributed by atoms with E-state index in [0.29, 0.717) is 6.04 Å². The summed E-state index contributed by atoms with van der Waals surface area (Å²) < 4.78 is 0. The third-order valence-corrected chi connectivity index (χ3v) is 5.12. The molecule has 1 saturated carbocycles. The van der Waals surface area contributed by atoms with Crippen LogP contribution in [0.1, 0.15) is 49.7 Å². The molecule has 0 aromatic heterocycles. The Hall–Kier alpha value is -0.860. The zero-order valence-corrected chi connectivity index (χ0v) is 12.8. The van der Waals surface area contributed by atoms with Crippen LogP contribution in [0.2, 0.25) is 0 Å². The first-order valence-electron chi connectivity index (χ1n) is 8.33. The predicted molar refractivity (Wildman–Crippen MR) is 84.9 cm³/mol. The van der Waals surface area contributed by atoms with Crippen LogP contribution in [0.25, 0.3) is 0 Å². The number of nitrogens with zero attached hydrogens (tertiary/aromatic N) is 1. The summed E-state index contributed by atoms with van der Waals surface area (Å²) in [6.07, 6.45) is 9.73. The molecular formula is C18H28N2. The number of benzene rings is 1. The minimum atomic E-state index is 0.623. The Balaban J connectivity index is 1.56. The largest absolute Gasteiger partial charge is 0.308 e. The smallest absolute Gasteiger partial charge is 0.0238 e. The van der Waals surface area contributed by atoms with Crippen LogP contribution in [0.15, 0.2) is 24.3 Å². The van der Waals surface area contributed by atoms with Gasteiger partial charge in [-0.3, -0.25) is 0 Å². The molecule has 0 radical (unpaired) electrons. The molecule has 1 aromatic carbocycles. The predicted octanol–water partition coefficient (Wildman–Crippen LogP) is 3.36. The molecule has 2 nitrogen and oxygen atoms in total. The molecule has 1 atom stereocenters. The molecule has 2 aliphatic rings. The van der Waals surface area contributed by atoms with Crippen molar-refractivity contribution in [2.75, 3.05) is 13.6 Å². The van der Waals surface area contributed by atoms with E-state index in [1.54, 1.807) is 5.56 Å². The van der Waals surface area contributed by atoms with Gasteiger partial charge in [-0.15, -0.1) is 0 Å². The maximum atomic E-state index is 3.72. The van der Waals surface area contributed by atoms with E-state index >= 15 is 0 Å². The molecule has 0 amide bonds. The molecular weight excluding hydrogens is 244 g/mol. The lowest BCUT2D eigenvalue weighted by atomic mass is 9.95. The zero-order valence-electron chi connectivity index (χ0n) is 12.8. The van der Waals surface area contributed by atoms with Gasteiger partial charge in [-0.05, 0) is 37.4 Å². The lowest BCUT2D eigenvalue weighted by Crippen LogP contribution is -2.46. The van der Waals surface area contributed by atoms with Crippen LogP contribution in [0, 0.1) is 0 Å². The van der Waals surface area contributed by atoms with Crippen LogP contribution in [0.4, 0.5) is 0 Å². The number of likely N-dealkylation sites (N-methyl/N-ethyl adjacent to an activating group) is 1. The second kappa shape index (κ2) is 6.73. The average Bonchev–Trinajstić information content (AvgIpc) is 2.76. The number of hydrogen-bond donors (Lipinski definition) is 1. The molecule has 1 heterocycles. The van der Waals surface area contributed by atoms with E-state index < -0.39 is 0 Å². The summed E-state index contributed by atoms with van der Waals surface area (Å²) in [7, 11) is 2.33. The molecule has 3 rings (SSSR count). The molecule has 1 N–H and O–H groups in total. The van der Waals surface area contributed by atoms with Crippen LogP contribution < -0.4 is 5.32 Å².